The SMILES string of the molecule is FC(F)(F)c1ccc(C2C=C3C(=CC2)OCCn2ccnc23)cc1. The highest BCUT2D eigenvalue weighted by Crippen LogP contribution is 2.37. The third-order valence-electron chi connectivity index (χ3n) is 4.40. The van der Waals surface area contributed by atoms with Gasteiger partial charge in [-0.2, -0.15) is 13.2 Å². The number of fused-ring (bicyclic) bond motifs is 3. The molecule has 1 aromatic carbocycles. The summed E-state index contributed by atoms with van der Waals surface area (Å²) in [6.07, 6.45) is 4.09. The van der Waals surface area contributed by atoms with Crippen molar-refractivity contribution in [3.63, 3.8) is 0 Å². The molecule has 6 heteroatoms. The van der Waals surface area contributed by atoms with Gasteiger partial charge < -0.3 is 9.30 Å². The first-order chi connectivity index (χ1) is 11.5. The molecule has 0 fully saturated rings. The molecule has 2 aromatic rings. The van der Waals surface area contributed by atoms with Crippen molar-refractivity contribution in [1.29, 1.82) is 0 Å². The average Bonchev–Trinajstić information content (AvgIpc) is 2.96. The maximum Gasteiger partial charge on any atom is 0.416 e. The van der Waals surface area contributed by atoms with Crippen LogP contribution in [0.3, 0.4) is 0 Å². The Morgan fingerprint density at radius 3 is 2.71 bits per heavy atom. The van der Waals surface area contributed by atoms with Crippen molar-refractivity contribution >= 4 is 5.57 Å². The third kappa shape index (κ3) is 2.62. The number of imidazole rings is 1. The number of rotatable bonds is 1. The van der Waals surface area contributed by atoms with E-state index in [1.165, 1.54) is 0 Å². The van der Waals surface area contributed by atoms with Gasteiger partial charge in [0.15, 0.2) is 0 Å². The number of benzene rings is 1. The molecule has 124 valence electrons. The highest BCUT2D eigenvalue weighted by Gasteiger charge is 2.30. The lowest BCUT2D eigenvalue weighted by Crippen LogP contribution is -2.07. The Morgan fingerprint density at radius 1 is 1.17 bits per heavy atom. The van der Waals surface area contributed by atoms with Gasteiger partial charge in [-0.25, -0.2) is 4.98 Å². The number of alkyl halides is 3. The Labute approximate surface area is 137 Å². The molecule has 0 radical (unpaired) electrons. The van der Waals surface area contributed by atoms with Gasteiger partial charge in [-0.1, -0.05) is 18.2 Å². The van der Waals surface area contributed by atoms with Crippen molar-refractivity contribution in [3.8, 4) is 0 Å². The van der Waals surface area contributed by atoms with E-state index in [0.717, 1.165) is 41.4 Å². The number of allylic oxidation sites excluding steroid dienone is 3. The molecule has 1 aliphatic heterocycles. The first-order valence-corrected chi connectivity index (χ1v) is 7.76. The van der Waals surface area contributed by atoms with Crippen molar-refractivity contribution in [2.75, 3.05) is 6.61 Å². The highest BCUT2D eigenvalue weighted by atomic mass is 19.4. The van der Waals surface area contributed by atoms with E-state index in [-0.39, 0.29) is 5.92 Å². The number of nitrogens with zero attached hydrogens (tertiary/aromatic N) is 2. The molecule has 1 aliphatic carbocycles. The second-order valence-corrected chi connectivity index (χ2v) is 5.90. The lowest BCUT2D eigenvalue weighted by Gasteiger charge is -2.21. The fourth-order valence-electron chi connectivity index (χ4n) is 3.16. The van der Waals surface area contributed by atoms with Crippen LogP contribution in [0.5, 0.6) is 0 Å². The minimum absolute atomic E-state index is 0.0119. The van der Waals surface area contributed by atoms with Crippen LogP contribution in [0.1, 0.15) is 29.3 Å². The molecule has 2 heterocycles. The van der Waals surface area contributed by atoms with Crippen LogP contribution < -0.4 is 0 Å². The minimum Gasteiger partial charge on any atom is -0.491 e. The molecule has 1 aromatic heterocycles. The van der Waals surface area contributed by atoms with E-state index in [9.17, 15) is 13.2 Å². The smallest absolute Gasteiger partial charge is 0.416 e. The quantitative estimate of drug-likeness (QED) is 0.774. The lowest BCUT2D eigenvalue weighted by atomic mass is 9.88. The molecule has 1 atom stereocenters. The molecule has 0 N–H and O–H groups in total. The number of hydrogen-bond donors (Lipinski definition) is 0. The number of halogens is 3. The topological polar surface area (TPSA) is 27.1 Å². The summed E-state index contributed by atoms with van der Waals surface area (Å²) < 4.78 is 45.9. The summed E-state index contributed by atoms with van der Waals surface area (Å²) in [5.74, 6) is 1.66. The molecule has 24 heavy (non-hydrogen) atoms. The Hall–Kier alpha value is -2.50. The number of aromatic nitrogens is 2. The van der Waals surface area contributed by atoms with Crippen LogP contribution in [0.2, 0.25) is 0 Å². The zero-order valence-corrected chi connectivity index (χ0v) is 12.8. The number of hydrogen-bond acceptors (Lipinski definition) is 2. The first-order valence-electron chi connectivity index (χ1n) is 7.76. The molecule has 3 nitrogen and oxygen atoms in total. The Bertz CT molecular complexity index is 816. The van der Waals surface area contributed by atoms with Gasteiger partial charge in [0, 0.05) is 18.3 Å². The second-order valence-electron chi connectivity index (χ2n) is 5.90. The molecule has 0 amide bonds. The predicted molar refractivity (Wildman–Crippen MR) is 83.0 cm³/mol. The van der Waals surface area contributed by atoms with Crippen LogP contribution in [0.4, 0.5) is 13.2 Å². The molecule has 0 spiro atoms. The normalized spacial score (nSPS) is 20.2. The van der Waals surface area contributed by atoms with Crippen LogP contribution >= 0.6 is 0 Å². The summed E-state index contributed by atoms with van der Waals surface area (Å²) in [5.41, 5.74) is 1.14. The Kier molecular flexibility index (Phi) is 3.48. The van der Waals surface area contributed by atoms with E-state index in [0.29, 0.717) is 13.0 Å². The standard InChI is InChI=1S/C18H15F3N2O/c19-18(20,21)14-4-1-12(2-5-14)13-3-6-16-15(11-13)17-22-7-8-23(17)9-10-24-16/h1-2,4-8,11,13H,3,9-10H2. The van der Waals surface area contributed by atoms with Gasteiger partial charge >= 0.3 is 6.18 Å². The highest BCUT2D eigenvalue weighted by molar-refractivity contribution is 5.76. The van der Waals surface area contributed by atoms with Crippen molar-refractivity contribution in [2.24, 2.45) is 0 Å². The summed E-state index contributed by atoms with van der Waals surface area (Å²) >= 11 is 0. The Balaban J connectivity index is 1.68. The van der Waals surface area contributed by atoms with Crippen molar-refractivity contribution < 1.29 is 17.9 Å². The van der Waals surface area contributed by atoms with Gasteiger partial charge in [-0.3, -0.25) is 0 Å². The van der Waals surface area contributed by atoms with Gasteiger partial charge in [0.05, 0.1) is 17.7 Å². The van der Waals surface area contributed by atoms with Gasteiger partial charge in [0.2, 0.25) is 0 Å². The zero-order chi connectivity index (χ0) is 16.7. The van der Waals surface area contributed by atoms with E-state index < -0.39 is 11.7 Å². The maximum atomic E-state index is 12.7. The van der Waals surface area contributed by atoms with Gasteiger partial charge in [0.25, 0.3) is 0 Å². The van der Waals surface area contributed by atoms with Gasteiger partial charge in [-0.15, -0.1) is 0 Å². The zero-order valence-electron chi connectivity index (χ0n) is 12.8. The Morgan fingerprint density at radius 2 is 1.96 bits per heavy atom. The molecule has 0 saturated heterocycles. The monoisotopic (exact) mass is 332 g/mol. The third-order valence-corrected chi connectivity index (χ3v) is 4.40. The molecular formula is C18H15F3N2O. The van der Waals surface area contributed by atoms with E-state index in [2.05, 4.69) is 4.98 Å². The molecule has 0 saturated carbocycles. The molecule has 4 rings (SSSR count). The van der Waals surface area contributed by atoms with E-state index in [1.54, 1.807) is 18.3 Å². The van der Waals surface area contributed by atoms with Crippen LogP contribution in [0.25, 0.3) is 5.57 Å². The van der Waals surface area contributed by atoms with Crippen molar-refractivity contribution in [3.05, 3.63) is 71.5 Å². The first kappa shape index (κ1) is 15.1. The molecule has 1 unspecified atom stereocenters. The summed E-state index contributed by atoms with van der Waals surface area (Å²) in [7, 11) is 0. The summed E-state index contributed by atoms with van der Waals surface area (Å²) in [4.78, 5) is 4.40. The van der Waals surface area contributed by atoms with Crippen LogP contribution in [-0.2, 0) is 17.5 Å². The van der Waals surface area contributed by atoms with Crippen LogP contribution in [0, 0.1) is 0 Å². The van der Waals surface area contributed by atoms with E-state index >= 15 is 0 Å². The average molecular weight is 332 g/mol. The van der Waals surface area contributed by atoms with E-state index in [4.69, 9.17) is 4.74 Å². The summed E-state index contributed by atoms with van der Waals surface area (Å²) in [6.45, 7) is 1.31. The second kappa shape index (κ2) is 5.54. The fraction of sp³-hybridized carbons (Fsp3) is 0.278. The molecular weight excluding hydrogens is 317 g/mol. The summed E-state index contributed by atoms with van der Waals surface area (Å²) in [6, 6.07) is 5.37. The largest absolute Gasteiger partial charge is 0.491 e. The van der Waals surface area contributed by atoms with Crippen LogP contribution in [-0.4, -0.2) is 16.2 Å². The maximum absolute atomic E-state index is 12.7. The predicted octanol–water partition coefficient (Wildman–Crippen LogP) is 4.39. The van der Waals surface area contributed by atoms with Gasteiger partial charge in [0.1, 0.15) is 18.2 Å². The molecule has 0 bridgehead atoms. The van der Waals surface area contributed by atoms with E-state index in [1.807, 2.05) is 22.9 Å². The van der Waals surface area contributed by atoms with Crippen molar-refractivity contribution in [1.82, 2.24) is 9.55 Å². The van der Waals surface area contributed by atoms with Crippen LogP contribution in [0.15, 0.2) is 54.6 Å². The molecule has 2 aliphatic rings. The summed E-state index contributed by atoms with van der Waals surface area (Å²) in [5, 5.41) is 0. The lowest BCUT2D eigenvalue weighted by molar-refractivity contribution is -0.137. The van der Waals surface area contributed by atoms with Crippen molar-refractivity contribution in [2.45, 2.75) is 25.1 Å². The minimum atomic E-state index is -4.31. The number of ether oxygens (including phenoxy) is 1. The fourth-order valence-corrected chi connectivity index (χ4v) is 3.16. The van der Waals surface area contributed by atoms with Gasteiger partial charge in [-0.05, 0) is 30.2 Å².